The normalized spacial score (nSPS) is 17.4. The molecule has 1 amide bonds. The van der Waals surface area contributed by atoms with E-state index >= 15 is 0 Å². The third-order valence-corrected chi connectivity index (χ3v) is 3.74. The van der Waals surface area contributed by atoms with Crippen LogP contribution in [-0.2, 0) is 4.74 Å². The molecule has 0 radical (unpaired) electrons. The Kier molecular flexibility index (Phi) is 6.97. The maximum atomic E-state index is 12.0. The zero-order valence-corrected chi connectivity index (χ0v) is 13.9. The van der Waals surface area contributed by atoms with Gasteiger partial charge in [-0.25, -0.2) is 4.79 Å². The van der Waals surface area contributed by atoms with Gasteiger partial charge < -0.3 is 14.5 Å². The van der Waals surface area contributed by atoms with Crippen LogP contribution in [0.1, 0.15) is 40.5 Å². The summed E-state index contributed by atoms with van der Waals surface area (Å²) in [5.74, 6) is 0.366. The summed E-state index contributed by atoms with van der Waals surface area (Å²) in [4.78, 5) is 16.1. The van der Waals surface area contributed by atoms with E-state index in [0.717, 1.165) is 39.0 Å². The van der Waals surface area contributed by atoms with Crippen molar-refractivity contribution in [3.8, 4) is 6.07 Å². The quantitative estimate of drug-likeness (QED) is 0.782. The molecule has 0 bridgehead atoms. The lowest BCUT2D eigenvalue weighted by molar-refractivity contribution is 0.0929. The number of rotatable bonds is 5. The lowest BCUT2D eigenvalue weighted by Crippen LogP contribution is -2.36. The molecular formula is C16H29N3O2. The van der Waals surface area contributed by atoms with E-state index in [1.807, 2.05) is 27.7 Å². The van der Waals surface area contributed by atoms with Crippen molar-refractivity contribution in [2.45, 2.75) is 40.5 Å². The fourth-order valence-electron chi connectivity index (χ4n) is 2.20. The van der Waals surface area contributed by atoms with Crippen molar-refractivity contribution in [3.05, 3.63) is 0 Å². The first-order chi connectivity index (χ1) is 9.84. The van der Waals surface area contributed by atoms with Crippen LogP contribution in [0.3, 0.4) is 0 Å². The van der Waals surface area contributed by atoms with Gasteiger partial charge in [-0.3, -0.25) is 0 Å². The van der Waals surface area contributed by atoms with Gasteiger partial charge in [-0.15, -0.1) is 0 Å². The molecule has 0 saturated carbocycles. The van der Waals surface area contributed by atoms with Crippen LogP contribution >= 0.6 is 0 Å². The van der Waals surface area contributed by atoms with E-state index in [-0.39, 0.29) is 11.5 Å². The Hall–Kier alpha value is -1.28. The first-order valence-electron chi connectivity index (χ1n) is 7.89. The summed E-state index contributed by atoms with van der Waals surface area (Å²) in [5.41, 5.74) is -0.276. The third kappa shape index (κ3) is 6.81. The second kappa shape index (κ2) is 8.23. The monoisotopic (exact) mass is 295 g/mol. The summed E-state index contributed by atoms with van der Waals surface area (Å²) >= 11 is 0. The Bertz CT molecular complexity index is 374. The van der Waals surface area contributed by atoms with Crippen LogP contribution in [-0.4, -0.2) is 55.2 Å². The number of hydrogen-bond donors (Lipinski definition) is 0. The molecule has 0 aromatic rings. The van der Waals surface area contributed by atoms with Gasteiger partial charge in [0, 0.05) is 19.6 Å². The van der Waals surface area contributed by atoms with Crippen molar-refractivity contribution >= 4 is 6.09 Å². The highest BCUT2D eigenvalue weighted by Gasteiger charge is 2.22. The van der Waals surface area contributed by atoms with Crippen molar-refractivity contribution in [1.82, 2.24) is 9.80 Å². The molecule has 1 saturated heterocycles. The first-order valence-corrected chi connectivity index (χ1v) is 7.89. The van der Waals surface area contributed by atoms with Crippen LogP contribution in [0.25, 0.3) is 0 Å². The molecule has 1 fully saturated rings. The van der Waals surface area contributed by atoms with Crippen molar-refractivity contribution in [1.29, 1.82) is 5.26 Å². The van der Waals surface area contributed by atoms with Gasteiger partial charge in [-0.1, -0.05) is 13.8 Å². The van der Waals surface area contributed by atoms with Crippen LogP contribution in [0.2, 0.25) is 0 Å². The minimum atomic E-state index is -0.276. The van der Waals surface area contributed by atoms with Gasteiger partial charge in [-0.05, 0) is 45.7 Å². The number of ether oxygens (including phenoxy) is 1. The Balaban J connectivity index is 2.36. The predicted octanol–water partition coefficient (Wildman–Crippen LogP) is 2.73. The van der Waals surface area contributed by atoms with E-state index in [9.17, 15) is 4.79 Å². The summed E-state index contributed by atoms with van der Waals surface area (Å²) in [6, 6.07) is 2.34. The fourth-order valence-corrected chi connectivity index (χ4v) is 2.20. The minimum Gasteiger partial charge on any atom is -0.449 e. The largest absolute Gasteiger partial charge is 0.449 e. The maximum absolute atomic E-state index is 12.0. The highest BCUT2D eigenvalue weighted by atomic mass is 16.6. The van der Waals surface area contributed by atoms with E-state index in [4.69, 9.17) is 10.00 Å². The molecule has 0 N–H and O–H groups in total. The Morgan fingerprint density at radius 2 is 2.00 bits per heavy atom. The van der Waals surface area contributed by atoms with Gasteiger partial charge >= 0.3 is 6.09 Å². The van der Waals surface area contributed by atoms with Gasteiger partial charge in [0.25, 0.3) is 0 Å². The number of nitrogens with zero attached hydrogens (tertiary/aromatic N) is 3. The molecular weight excluding hydrogens is 266 g/mol. The zero-order chi connectivity index (χ0) is 15.9. The molecule has 0 atom stereocenters. The number of nitriles is 1. The first kappa shape index (κ1) is 17.8. The zero-order valence-electron chi connectivity index (χ0n) is 13.9. The van der Waals surface area contributed by atoms with Gasteiger partial charge in [0.15, 0.2) is 0 Å². The summed E-state index contributed by atoms with van der Waals surface area (Å²) < 4.78 is 5.29. The summed E-state index contributed by atoms with van der Waals surface area (Å²) in [6.07, 6.45) is 1.63. The molecule has 0 unspecified atom stereocenters. The van der Waals surface area contributed by atoms with E-state index in [1.54, 1.807) is 4.90 Å². The standard InChI is InChI=1S/C16H29N3O2/c1-14(2)12-21-15(20)19-8-5-7-18(10-11-19)9-6-16(3,4)13-17/h14H,5-12H2,1-4H3. The third-order valence-electron chi connectivity index (χ3n) is 3.74. The summed E-state index contributed by atoms with van der Waals surface area (Å²) in [5, 5.41) is 9.06. The Morgan fingerprint density at radius 3 is 2.62 bits per heavy atom. The summed E-state index contributed by atoms with van der Waals surface area (Å²) in [6.45, 7) is 12.7. The van der Waals surface area contributed by atoms with Crippen LogP contribution in [0.4, 0.5) is 4.79 Å². The van der Waals surface area contributed by atoms with Gasteiger partial charge in [-0.2, -0.15) is 5.26 Å². The highest BCUT2D eigenvalue weighted by molar-refractivity contribution is 5.67. The number of amides is 1. The van der Waals surface area contributed by atoms with Crippen molar-refractivity contribution < 1.29 is 9.53 Å². The smallest absolute Gasteiger partial charge is 0.409 e. The molecule has 1 aliphatic heterocycles. The van der Waals surface area contributed by atoms with Gasteiger partial charge in [0.1, 0.15) is 0 Å². The second-order valence-electron chi connectivity index (χ2n) is 6.90. The second-order valence-corrected chi connectivity index (χ2v) is 6.90. The fraction of sp³-hybridized carbons (Fsp3) is 0.875. The maximum Gasteiger partial charge on any atom is 0.409 e. The van der Waals surface area contributed by atoms with Gasteiger partial charge in [0.05, 0.1) is 18.1 Å². The topological polar surface area (TPSA) is 56.6 Å². The Labute approximate surface area is 128 Å². The average molecular weight is 295 g/mol. The number of carbonyl (C=O) groups is 1. The lowest BCUT2D eigenvalue weighted by Gasteiger charge is -2.24. The van der Waals surface area contributed by atoms with Crippen molar-refractivity contribution in [2.24, 2.45) is 11.3 Å². The predicted molar refractivity (Wildman–Crippen MR) is 82.8 cm³/mol. The molecule has 1 aliphatic rings. The van der Waals surface area contributed by atoms with Crippen LogP contribution in [0.5, 0.6) is 0 Å². The van der Waals surface area contributed by atoms with Crippen LogP contribution in [0.15, 0.2) is 0 Å². The molecule has 1 heterocycles. The van der Waals surface area contributed by atoms with Gasteiger partial charge in [0.2, 0.25) is 0 Å². The minimum absolute atomic E-state index is 0.192. The van der Waals surface area contributed by atoms with E-state index in [1.165, 1.54) is 0 Å². The SMILES string of the molecule is CC(C)COC(=O)N1CCCN(CCC(C)(C)C#N)CC1. The molecule has 0 aromatic heterocycles. The molecule has 5 nitrogen and oxygen atoms in total. The molecule has 21 heavy (non-hydrogen) atoms. The number of carbonyl (C=O) groups excluding carboxylic acids is 1. The van der Waals surface area contributed by atoms with Crippen molar-refractivity contribution in [3.63, 3.8) is 0 Å². The van der Waals surface area contributed by atoms with E-state index < -0.39 is 0 Å². The molecule has 1 rings (SSSR count). The molecule has 0 spiro atoms. The molecule has 5 heteroatoms. The van der Waals surface area contributed by atoms with Crippen LogP contribution in [0, 0.1) is 22.7 Å². The Morgan fingerprint density at radius 1 is 1.29 bits per heavy atom. The summed E-state index contributed by atoms with van der Waals surface area (Å²) in [7, 11) is 0. The van der Waals surface area contributed by atoms with Crippen LogP contribution < -0.4 is 0 Å². The average Bonchev–Trinajstić information content (AvgIpc) is 2.68. The molecule has 0 aliphatic carbocycles. The lowest BCUT2D eigenvalue weighted by atomic mass is 9.91. The molecule has 0 aromatic carbocycles. The highest BCUT2D eigenvalue weighted by Crippen LogP contribution is 2.19. The number of hydrogen-bond acceptors (Lipinski definition) is 4. The molecule has 120 valence electrons. The van der Waals surface area contributed by atoms with E-state index in [0.29, 0.717) is 19.1 Å². The van der Waals surface area contributed by atoms with E-state index in [2.05, 4.69) is 11.0 Å². The van der Waals surface area contributed by atoms with Crippen molar-refractivity contribution in [2.75, 3.05) is 39.3 Å².